The maximum Gasteiger partial charge on any atom is 0.259 e. The Hall–Kier alpha value is -3.14. The molecule has 10 heteroatoms. The number of amides is 1. The van der Waals surface area contributed by atoms with Gasteiger partial charge in [-0.15, -0.1) is 11.3 Å². The first-order chi connectivity index (χ1) is 18.5. The van der Waals surface area contributed by atoms with Crippen LogP contribution in [0.5, 0.6) is 0 Å². The van der Waals surface area contributed by atoms with Gasteiger partial charge in [0.05, 0.1) is 11.8 Å². The van der Waals surface area contributed by atoms with Crippen LogP contribution >= 0.6 is 34.7 Å². The second kappa shape index (κ2) is 11.2. The number of aryl methyl sites for hydroxylation is 1. The lowest BCUT2D eigenvalue weighted by atomic mass is 9.72. The quantitative estimate of drug-likeness (QED) is 0.180. The Bertz CT molecular complexity index is 1600. The molecule has 202 valence electrons. The lowest BCUT2D eigenvalue weighted by Crippen LogP contribution is -2.27. The molecule has 0 aliphatic heterocycles. The van der Waals surface area contributed by atoms with Gasteiger partial charge in [0.2, 0.25) is 0 Å². The number of hydrogen-bond donors (Lipinski definition) is 2. The number of hydrogen-bond acceptors (Lipinski definition) is 7. The third kappa shape index (κ3) is 6.54. The van der Waals surface area contributed by atoms with E-state index in [-0.39, 0.29) is 16.9 Å². The Kier molecular flexibility index (Phi) is 7.84. The Labute approximate surface area is 240 Å². The zero-order valence-corrected chi connectivity index (χ0v) is 24.5. The van der Waals surface area contributed by atoms with E-state index in [0.717, 1.165) is 24.8 Å². The largest absolute Gasteiger partial charge is 0.448 e. The van der Waals surface area contributed by atoms with Crippen LogP contribution in [0.3, 0.4) is 0 Å². The van der Waals surface area contributed by atoms with Crippen LogP contribution in [-0.2, 0) is 12.8 Å². The van der Waals surface area contributed by atoms with Crippen LogP contribution in [0, 0.1) is 18.3 Å². The highest BCUT2D eigenvalue weighted by atomic mass is 35.5. The van der Waals surface area contributed by atoms with Crippen molar-refractivity contribution in [2.75, 3.05) is 5.32 Å². The molecule has 0 fully saturated rings. The van der Waals surface area contributed by atoms with E-state index in [9.17, 15) is 9.59 Å². The molecule has 0 radical (unpaired) electrons. The fourth-order valence-corrected chi connectivity index (χ4v) is 6.84. The van der Waals surface area contributed by atoms with Gasteiger partial charge >= 0.3 is 0 Å². The fourth-order valence-electron chi connectivity index (χ4n) is 4.64. The standard InChI is InChI=1S/C29H29ClN4O3S2/c1-16-13-23(35)34-28(32-16)39-24-12-10-20(37-24)15-31-27-25(26(36)33-19-8-6-18(30)7-9-19)21-11-5-17(29(2,3)4)14-22(21)38-27/h6-10,12-13,15,17H,5,11,14H2,1-4H3,(H,33,36)(H,32,34,35)/t17-/m0/s1. The summed E-state index contributed by atoms with van der Waals surface area (Å²) in [5.41, 5.74) is 3.00. The summed E-state index contributed by atoms with van der Waals surface area (Å²) in [7, 11) is 0. The summed E-state index contributed by atoms with van der Waals surface area (Å²) in [5, 5.41) is 5.32. The minimum absolute atomic E-state index is 0.179. The number of thiophene rings is 1. The number of rotatable bonds is 6. The van der Waals surface area contributed by atoms with Gasteiger partial charge in [0.1, 0.15) is 10.8 Å². The lowest BCUT2D eigenvalue weighted by Gasteiger charge is -2.33. The van der Waals surface area contributed by atoms with Gasteiger partial charge in [-0.3, -0.25) is 9.59 Å². The molecule has 0 spiro atoms. The number of halogens is 1. The molecular weight excluding hydrogens is 552 g/mol. The number of nitrogens with one attached hydrogen (secondary N) is 2. The maximum atomic E-state index is 13.5. The van der Waals surface area contributed by atoms with Crippen molar-refractivity contribution >= 4 is 57.5 Å². The molecule has 1 amide bonds. The van der Waals surface area contributed by atoms with E-state index in [1.165, 1.54) is 22.7 Å². The molecule has 7 nitrogen and oxygen atoms in total. The van der Waals surface area contributed by atoms with E-state index in [1.807, 2.05) is 0 Å². The molecule has 4 aromatic rings. The molecule has 1 aliphatic rings. The zero-order valence-electron chi connectivity index (χ0n) is 22.1. The Morgan fingerprint density at radius 2 is 2.03 bits per heavy atom. The molecule has 0 saturated heterocycles. The molecule has 0 unspecified atom stereocenters. The predicted molar refractivity (Wildman–Crippen MR) is 158 cm³/mol. The average molecular weight is 581 g/mol. The minimum atomic E-state index is -0.210. The summed E-state index contributed by atoms with van der Waals surface area (Å²) in [6.45, 7) is 8.60. The molecule has 0 saturated carbocycles. The van der Waals surface area contributed by atoms with Gasteiger partial charge in [0.25, 0.3) is 11.5 Å². The lowest BCUT2D eigenvalue weighted by molar-refractivity contribution is 0.102. The highest BCUT2D eigenvalue weighted by molar-refractivity contribution is 7.99. The van der Waals surface area contributed by atoms with Gasteiger partial charge in [-0.05, 0) is 91.2 Å². The van der Waals surface area contributed by atoms with Crippen molar-refractivity contribution in [2.24, 2.45) is 16.3 Å². The van der Waals surface area contributed by atoms with Gasteiger partial charge in [-0.25, -0.2) is 9.98 Å². The molecule has 3 heterocycles. The van der Waals surface area contributed by atoms with Gasteiger partial charge in [-0.1, -0.05) is 32.4 Å². The summed E-state index contributed by atoms with van der Waals surface area (Å²) in [4.78, 5) is 38.3. The Morgan fingerprint density at radius 3 is 2.74 bits per heavy atom. The maximum absolute atomic E-state index is 13.5. The number of carbonyl (C=O) groups is 1. The fraction of sp³-hybridized carbons (Fsp3) is 0.310. The number of anilines is 1. The summed E-state index contributed by atoms with van der Waals surface area (Å²) in [6, 6.07) is 12.1. The molecule has 1 atom stereocenters. The molecule has 3 aromatic heterocycles. The van der Waals surface area contributed by atoms with Crippen LogP contribution in [-0.4, -0.2) is 22.1 Å². The smallest absolute Gasteiger partial charge is 0.259 e. The van der Waals surface area contributed by atoms with E-state index in [0.29, 0.717) is 48.9 Å². The van der Waals surface area contributed by atoms with Crippen molar-refractivity contribution in [2.45, 2.75) is 57.2 Å². The number of H-pyrrole nitrogens is 1. The summed E-state index contributed by atoms with van der Waals surface area (Å²) >= 11 is 8.82. The molecule has 39 heavy (non-hydrogen) atoms. The van der Waals surface area contributed by atoms with Gasteiger partial charge in [0.15, 0.2) is 10.2 Å². The summed E-state index contributed by atoms with van der Waals surface area (Å²) in [5.74, 6) is 0.899. The third-order valence-electron chi connectivity index (χ3n) is 6.76. The van der Waals surface area contributed by atoms with Crippen LogP contribution in [0.2, 0.25) is 5.02 Å². The number of aromatic nitrogens is 2. The highest BCUT2D eigenvalue weighted by Crippen LogP contribution is 2.45. The number of fused-ring (bicyclic) bond motifs is 1. The molecule has 1 aromatic carbocycles. The molecular formula is C29H29ClN4O3S2. The van der Waals surface area contributed by atoms with E-state index >= 15 is 0 Å². The first kappa shape index (κ1) is 27.4. The minimum Gasteiger partial charge on any atom is -0.448 e. The van der Waals surface area contributed by atoms with Crippen molar-refractivity contribution < 1.29 is 9.21 Å². The number of furan rings is 1. The topological polar surface area (TPSA) is 100 Å². The second-order valence-corrected chi connectivity index (χ2v) is 13.2. The van der Waals surface area contributed by atoms with Gasteiger partial charge < -0.3 is 14.7 Å². The van der Waals surface area contributed by atoms with Crippen LogP contribution in [0.4, 0.5) is 10.7 Å². The van der Waals surface area contributed by atoms with E-state index in [4.69, 9.17) is 21.0 Å². The van der Waals surface area contributed by atoms with Crippen molar-refractivity contribution in [1.29, 1.82) is 0 Å². The molecule has 2 N–H and O–H groups in total. The normalized spacial score (nSPS) is 15.5. The number of benzene rings is 1. The Morgan fingerprint density at radius 1 is 1.26 bits per heavy atom. The van der Waals surface area contributed by atoms with Crippen LogP contribution < -0.4 is 10.9 Å². The highest BCUT2D eigenvalue weighted by Gasteiger charge is 2.33. The first-order valence-corrected chi connectivity index (χ1v) is 14.7. The average Bonchev–Trinajstić information content (AvgIpc) is 3.46. The SMILES string of the molecule is Cc1cc(=O)[nH]c(Sc2ccc(C=Nc3sc4c(c3C(=O)Nc3ccc(Cl)cc3)CC[C@H](C(C)(C)C)C4)o2)n1. The predicted octanol–water partition coefficient (Wildman–Crippen LogP) is 7.69. The zero-order chi connectivity index (χ0) is 27.7. The monoisotopic (exact) mass is 580 g/mol. The van der Waals surface area contributed by atoms with Crippen molar-refractivity contribution in [3.05, 3.63) is 85.3 Å². The Balaban J connectivity index is 1.42. The van der Waals surface area contributed by atoms with Crippen LogP contribution in [0.15, 0.2) is 66.9 Å². The first-order valence-electron chi connectivity index (χ1n) is 12.7. The number of aromatic amines is 1. The van der Waals surface area contributed by atoms with E-state index in [1.54, 1.807) is 60.9 Å². The third-order valence-corrected chi connectivity index (χ3v) is 8.98. The van der Waals surface area contributed by atoms with Crippen molar-refractivity contribution in [1.82, 2.24) is 9.97 Å². The van der Waals surface area contributed by atoms with Crippen molar-refractivity contribution in [3.8, 4) is 0 Å². The van der Waals surface area contributed by atoms with Gasteiger partial charge in [-0.2, -0.15) is 0 Å². The molecule has 0 bridgehead atoms. The number of carbonyl (C=O) groups excluding carboxylic acids is 1. The van der Waals surface area contributed by atoms with Crippen LogP contribution in [0.25, 0.3) is 0 Å². The summed E-state index contributed by atoms with van der Waals surface area (Å²) < 4.78 is 5.90. The van der Waals surface area contributed by atoms with Crippen molar-refractivity contribution in [3.63, 3.8) is 0 Å². The summed E-state index contributed by atoms with van der Waals surface area (Å²) in [6.07, 6.45) is 4.44. The van der Waals surface area contributed by atoms with E-state index < -0.39 is 0 Å². The van der Waals surface area contributed by atoms with E-state index in [2.05, 4.69) is 36.1 Å². The molecule has 1 aliphatic carbocycles. The number of nitrogens with zero attached hydrogens (tertiary/aromatic N) is 2. The molecule has 5 rings (SSSR count). The number of aliphatic imine (C=N–C) groups is 1. The van der Waals surface area contributed by atoms with Crippen LogP contribution in [0.1, 0.15) is 59.4 Å². The second-order valence-electron chi connectivity index (χ2n) is 10.7. The van der Waals surface area contributed by atoms with Gasteiger partial charge in [0, 0.05) is 27.3 Å².